The number of halogens is 2. The zero-order valence-corrected chi connectivity index (χ0v) is 6.57. The van der Waals surface area contributed by atoms with E-state index in [0.29, 0.717) is 5.57 Å². The molecule has 0 saturated carbocycles. The van der Waals surface area contributed by atoms with Gasteiger partial charge in [0.1, 0.15) is 0 Å². The van der Waals surface area contributed by atoms with Crippen LogP contribution >= 0.6 is 0 Å². The van der Waals surface area contributed by atoms with Crippen molar-refractivity contribution in [1.29, 1.82) is 5.41 Å². The Kier molecular flexibility index (Phi) is 4.41. The maximum atomic E-state index is 11.6. The molecule has 2 N–H and O–H groups in total. The van der Waals surface area contributed by atoms with Crippen LogP contribution < -0.4 is 5.32 Å². The quantitative estimate of drug-likeness (QED) is 0.481. The van der Waals surface area contributed by atoms with Crippen molar-refractivity contribution in [3.63, 3.8) is 0 Å². The van der Waals surface area contributed by atoms with Crippen LogP contribution in [0.2, 0.25) is 0 Å². The van der Waals surface area contributed by atoms with Crippen molar-refractivity contribution in [2.75, 3.05) is 0 Å². The molecule has 0 aliphatic rings. The highest BCUT2D eigenvalue weighted by Crippen LogP contribution is 2.04. The number of allylic oxidation sites excluding steroid dienone is 1. The Hall–Kier alpha value is -0.930. The second-order valence-electron chi connectivity index (χ2n) is 2.41. The summed E-state index contributed by atoms with van der Waals surface area (Å²) in [6.45, 7) is 1.12. The lowest BCUT2D eigenvalue weighted by Gasteiger charge is -2.05. The monoisotopic (exact) mass is 162 g/mol. The molecule has 0 aliphatic carbocycles. The molecule has 4 heteroatoms. The van der Waals surface area contributed by atoms with Gasteiger partial charge >= 0.3 is 6.55 Å². The van der Waals surface area contributed by atoms with Crippen molar-refractivity contribution >= 4 is 6.21 Å². The Bertz CT molecular complexity index is 153. The lowest BCUT2D eigenvalue weighted by atomic mass is 10.1. The summed E-state index contributed by atoms with van der Waals surface area (Å²) < 4.78 is 23.1. The first-order valence-electron chi connectivity index (χ1n) is 3.32. The molecule has 0 aromatic rings. The highest BCUT2D eigenvalue weighted by molar-refractivity contribution is 5.75. The van der Waals surface area contributed by atoms with E-state index in [1.54, 1.807) is 0 Å². The Labute approximate surface area is 64.8 Å². The molecule has 0 unspecified atom stereocenters. The van der Waals surface area contributed by atoms with Gasteiger partial charge in [-0.1, -0.05) is 13.8 Å². The Morgan fingerprint density at radius 2 is 2.00 bits per heavy atom. The van der Waals surface area contributed by atoms with E-state index in [0.717, 1.165) is 6.21 Å². The van der Waals surface area contributed by atoms with Gasteiger partial charge < -0.3 is 10.7 Å². The van der Waals surface area contributed by atoms with Crippen molar-refractivity contribution in [3.05, 3.63) is 11.8 Å². The molecule has 0 rings (SSSR count). The highest BCUT2D eigenvalue weighted by Gasteiger charge is 2.01. The van der Waals surface area contributed by atoms with Crippen LogP contribution in [0.3, 0.4) is 0 Å². The van der Waals surface area contributed by atoms with Crippen LogP contribution in [-0.2, 0) is 0 Å². The van der Waals surface area contributed by atoms with E-state index in [2.05, 4.69) is 0 Å². The van der Waals surface area contributed by atoms with Gasteiger partial charge in [0.2, 0.25) is 0 Å². The van der Waals surface area contributed by atoms with Gasteiger partial charge in [0.15, 0.2) is 0 Å². The first-order valence-corrected chi connectivity index (χ1v) is 3.32. The lowest BCUT2D eigenvalue weighted by molar-refractivity contribution is 0.125. The van der Waals surface area contributed by atoms with E-state index < -0.39 is 6.55 Å². The van der Waals surface area contributed by atoms with Crippen LogP contribution in [0.1, 0.15) is 13.8 Å². The maximum Gasteiger partial charge on any atom is 0.312 e. The minimum atomic E-state index is -2.55. The predicted molar refractivity (Wildman–Crippen MR) is 40.8 cm³/mol. The Balaban J connectivity index is 4.01. The summed E-state index contributed by atoms with van der Waals surface area (Å²) >= 11 is 0. The second kappa shape index (κ2) is 4.82. The molecule has 0 spiro atoms. The SMILES string of the molecule is CC(C)/C(C=N)=C/NC(F)F. The van der Waals surface area contributed by atoms with E-state index in [1.165, 1.54) is 6.20 Å². The summed E-state index contributed by atoms with van der Waals surface area (Å²) in [4.78, 5) is 0. The van der Waals surface area contributed by atoms with Crippen LogP contribution in [0.25, 0.3) is 0 Å². The highest BCUT2D eigenvalue weighted by atomic mass is 19.3. The summed E-state index contributed by atoms with van der Waals surface area (Å²) in [6, 6.07) is 0. The standard InChI is InChI=1S/C7H12F2N2/c1-5(2)6(3-10)4-11-7(8)9/h3-5,7,10-11H,1-2H3/b6-4+,10-3?. The normalized spacial score (nSPS) is 12.4. The summed E-state index contributed by atoms with van der Waals surface area (Å²) in [5, 5.41) is 8.69. The molecule has 0 saturated heterocycles. The van der Waals surface area contributed by atoms with Gasteiger partial charge in [0, 0.05) is 12.4 Å². The average molecular weight is 162 g/mol. The van der Waals surface area contributed by atoms with Gasteiger partial charge in [-0.2, -0.15) is 8.78 Å². The van der Waals surface area contributed by atoms with Crippen LogP contribution in [0, 0.1) is 11.3 Å². The summed E-state index contributed by atoms with van der Waals surface area (Å²) in [7, 11) is 0. The molecule has 2 nitrogen and oxygen atoms in total. The predicted octanol–water partition coefficient (Wildman–Crippen LogP) is 1.99. The zero-order valence-electron chi connectivity index (χ0n) is 6.57. The summed E-state index contributed by atoms with van der Waals surface area (Å²) in [5.41, 5.74) is 0.560. The van der Waals surface area contributed by atoms with Gasteiger partial charge in [-0.3, -0.25) is 0 Å². The first-order chi connectivity index (χ1) is 5.07. The molecule has 0 radical (unpaired) electrons. The van der Waals surface area contributed by atoms with E-state index in [9.17, 15) is 8.78 Å². The molecule has 64 valence electrons. The second-order valence-corrected chi connectivity index (χ2v) is 2.41. The average Bonchev–Trinajstić information content (AvgIpc) is 1.87. The van der Waals surface area contributed by atoms with E-state index in [-0.39, 0.29) is 5.92 Å². The number of rotatable bonds is 4. The van der Waals surface area contributed by atoms with Gasteiger partial charge in [0.25, 0.3) is 0 Å². The fraction of sp³-hybridized carbons (Fsp3) is 0.571. The minimum Gasteiger partial charge on any atom is -0.336 e. The molecule has 0 aromatic heterocycles. The molecule has 11 heavy (non-hydrogen) atoms. The fourth-order valence-electron chi connectivity index (χ4n) is 0.534. The van der Waals surface area contributed by atoms with Gasteiger partial charge in [-0.05, 0) is 11.5 Å². The minimum absolute atomic E-state index is 0.0961. The van der Waals surface area contributed by atoms with Crippen LogP contribution in [0.5, 0.6) is 0 Å². The summed E-state index contributed by atoms with van der Waals surface area (Å²) in [5.74, 6) is 0.0961. The first kappa shape index (κ1) is 10.1. The molecular formula is C7H12F2N2. The largest absolute Gasteiger partial charge is 0.336 e. The Morgan fingerprint density at radius 3 is 2.27 bits per heavy atom. The number of hydrogen-bond acceptors (Lipinski definition) is 2. The van der Waals surface area contributed by atoms with Crippen LogP contribution in [0.4, 0.5) is 8.78 Å². The molecule has 0 aromatic carbocycles. The Morgan fingerprint density at radius 1 is 1.45 bits per heavy atom. The smallest absolute Gasteiger partial charge is 0.312 e. The molecule has 0 bridgehead atoms. The van der Waals surface area contributed by atoms with E-state index >= 15 is 0 Å². The molecule has 0 fully saturated rings. The van der Waals surface area contributed by atoms with Crippen LogP contribution in [-0.4, -0.2) is 12.8 Å². The number of alkyl halides is 2. The third-order valence-electron chi connectivity index (χ3n) is 1.21. The number of hydrogen-bond donors (Lipinski definition) is 2. The molecule has 0 heterocycles. The van der Waals surface area contributed by atoms with Crippen molar-refractivity contribution in [2.45, 2.75) is 20.4 Å². The fourth-order valence-corrected chi connectivity index (χ4v) is 0.534. The van der Waals surface area contributed by atoms with Gasteiger partial charge in [-0.25, -0.2) is 0 Å². The summed E-state index contributed by atoms with van der Waals surface area (Å²) in [6.07, 6.45) is 2.24. The molecule has 0 atom stereocenters. The van der Waals surface area contributed by atoms with Gasteiger partial charge in [-0.15, -0.1) is 0 Å². The van der Waals surface area contributed by atoms with Crippen LogP contribution in [0.15, 0.2) is 11.8 Å². The zero-order chi connectivity index (χ0) is 8.85. The molecular weight excluding hydrogens is 150 g/mol. The van der Waals surface area contributed by atoms with Crippen molar-refractivity contribution in [2.24, 2.45) is 5.92 Å². The number of nitrogens with one attached hydrogen (secondary N) is 2. The van der Waals surface area contributed by atoms with E-state index in [4.69, 9.17) is 5.41 Å². The van der Waals surface area contributed by atoms with E-state index in [1.807, 2.05) is 19.2 Å². The van der Waals surface area contributed by atoms with Crippen molar-refractivity contribution < 1.29 is 8.78 Å². The topological polar surface area (TPSA) is 35.9 Å². The molecule has 0 aliphatic heterocycles. The molecule has 0 amide bonds. The third kappa shape index (κ3) is 4.47. The lowest BCUT2D eigenvalue weighted by Crippen LogP contribution is -2.14. The van der Waals surface area contributed by atoms with Crippen molar-refractivity contribution in [3.8, 4) is 0 Å². The third-order valence-corrected chi connectivity index (χ3v) is 1.21. The maximum absolute atomic E-state index is 11.6. The van der Waals surface area contributed by atoms with Crippen molar-refractivity contribution in [1.82, 2.24) is 5.32 Å². The van der Waals surface area contributed by atoms with Gasteiger partial charge in [0.05, 0.1) is 0 Å².